The SMILES string of the molecule is CC1CN(C(=O)c2ccc(CNC(=O)CNC(=O)c3ccc(N4CCCC4=O)cc3)cc2)CC(C)O1. The first kappa shape index (κ1) is 25.4. The smallest absolute Gasteiger partial charge is 0.254 e. The van der Waals surface area contributed by atoms with Crippen molar-refractivity contribution in [3.63, 3.8) is 0 Å². The zero-order valence-electron chi connectivity index (χ0n) is 20.7. The lowest BCUT2D eigenvalue weighted by Gasteiger charge is -2.35. The van der Waals surface area contributed by atoms with Crippen LogP contribution in [0.1, 0.15) is 53.0 Å². The summed E-state index contributed by atoms with van der Waals surface area (Å²) >= 11 is 0. The van der Waals surface area contributed by atoms with Crippen LogP contribution in [0.4, 0.5) is 5.69 Å². The van der Waals surface area contributed by atoms with Gasteiger partial charge in [0, 0.05) is 49.4 Å². The van der Waals surface area contributed by atoms with Crippen LogP contribution in [-0.4, -0.2) is 66.9 Å². The molecule has 2 fully saturated rings. The molecule has 2 heterocycles. The van der Waals surface area contributed by atoms with Crippen molar-refractivity contribution in [2.75, 3.05) is 31.1 Å². The van der Waals surface area contributed by atoms with E-state index < -0.39 is 0 Å². The van der Waals surface area contributed by atoms with E-state index in [1.807, 2.05) is 26.0 Å². The third-order valence-corrected chi connectivity index (χ3v) is 6.32. The summed E-state index contributed by atoms with van der Waals surface area (Å²) in [6, 6.07) is 13.9. The van der Waals surface area contributed by atoms with Gasteiger partial charge in [0.15, 0.2) is 0 Å². The van der Waals surface area contributed by atoms with Crippen LogP contribution in [0.15, 0.2) is 48.5 Å². The topological polar surface area (TPSA) is 108 Å². The third kappa shape index (κ3) is 6.28. The Bertz CT molecular complexity index is 1110. The highest BCUT2D eigenvalue weighted by Crippen LogP contribution is 2.21. The van der Waals surface area contributed by atoms with E-state index >= 15 is 0 Å². The molecule has 2 saturated heterocycles. The first-order valence-electron chi connectivity index (χ1n) is 12.3. The quantitative estimate of drug-likeness (QED) is 0.616. The van der Waals surface area contributed by atoms with Crippen LogP contribution in [0.2, 0.25) is 0 Å². The van der Waals surface area contributed by atoms with Crippen molar-refractivity contribution < 1.29 is 23.9 Å². The Hall–Kier alpha value is -3.72. The van der Waals surface area contributed by atoms with Crippen LogP contribution in [0.25, 0.3) is 0 Å². The number of carbonyl (C=O) groups is 4. The summed E-state index contributed by atoms with van der Waals surface area (Å²) in [5.41, 5.74) is 2.64. The fourth-order valence-corrected chi connectivity index (χ4v) is 4.53. The molecular weight excluding hydrogens is 460 g/mol. The van der Waals surface area contributed by atoms with Gasteiger partial charge < -0.3 is 25.2 Å². The Morgan fingerprint density at radius 3 is 2.17 bits per heavy atom. The number of morpholine rings is 1. The van der Waals surface area contributed by atoms with Crippen molar-refractivity contribution in [2.45, 2.75) is 45.4 Å². The van der Waals surface area contributed by atoms with Crippen molar-refractivity contribution in [1.29, 1.82) is 0 Å². The Morgan fingerprint density at radius 2 is 1.56 bits per heavy atom. The molecule has 36 heavy (non-hydrogen) atoms. The van der Waals surface area contributed by atoms with E-state index in [0.29, 0.717) is 37.2 Å². The standard InChI is InChI=1S/C27H32N4O5/c1-18-16-30(17-19(2)36-18)27(35)22-7-5-20(6-8-22)14-28-24(32)15-29-26(34)21-9-11-23(12-10-21)31-13-3-4-25(31)33/h5-12,18-19H,3-4,13-17H2,1-2H3,(H,28,32)(H,29,34). The van der Waals surface area contributed by atoms with Crippen LogP contribution in [-0.2, 0) is 20.9 Å². The highest BCUT2D eigenvalue weighted by Gasteiger charge is 2.26. The molecule has 2 aliphatic heterocycles. The number of benzene rings is 2. The van der Waals surface area contributed by atoms with Crippen LogP contribution < -0.4 is 15.5 Å². The first-order valence-corrected chi connectivity index (χ1v) is 12.3. The molecule has 2 aromatic rings. The summed E-state index contributed by atoms with van der Waals surface area (Å²) in [7, 11) is 0. The molecule has 9 heteroatoms. The van der Waals surface area contributed by atoms with E-state index in [-0.39, 0.29) is 48.9 Å². The lowest BCUT2D eigenvalue weighted by Crippen LogP contribution is -2.48. The summed E-state index contributed by atoms with van der Waals surface area (Å²) in [6.07, 6.45) is 1.40. The second-order valence-electron chi connectivity index (χ2n) is 9.32. The van der Waals surface area contributed by atoms with Crippen LogP contribution in [0, 0.1) is 0 Å². The van der Waals surface area contributed by atoms with Gasteiger partial charge in [-0.2, -0.15) is 0 Å². The van der Waals surface area contributed by atoms with E-state index in [2.05, 4.69) is 10.6 Å². The van der Waals surface area contributed by atoms with Gasteiger partial charge in [0.2, 0.25) is 11.8 Å². The Morgan fingerprint density at radius 1 is 0.917 bits per heavy atom. The molecule has 2 aromatic carbocycles. The molecule has 0 aliphatic carbocycles. The number of nitrogens with one attached hydrogen (secondary N) is 2. The first-order chi connectivity index (χ1) is 17.3. The summed E-state index contributed by atoms with van der Waals surface area (Å²) in [5, 5.41) is 5.38. The van der Waals surface area contributed by atoms with Gasteiger partial charge in [0.05, 0.1) is 18.8 Å². The Kier molecular flexibility index (Phi) is 8.00. The molecule has 2 N–H and O–H groups in total. The highest BCUT2D eigenvalue weighted by molar-refractivity contribution is 5.98. The predicted molar refractivity (Wildman–Crippen MR) is 135 cm³/mol. The van der Waals surface area contributed by atoms with Crippen molar-refractivity contribution in [3.8, 4) is 0 Å². The van der Waals surface area contributed by atoms with E-state index in [1.54, 1.807) is 46.2 Å². The van der Waals surface area contributed by atoms with Gasteiger partial charge in [0.25, 0.3) is 11.8 Å². The average Bonchev–Trinajstić information content (AvgIpc) is 3.31. The van der Waals surface area contributed by atoms with Gasteiger partial charge in [-0.1, -0.05) is 12.1 Å². The van der Waals surface area contributed by atoms with Gasteiger partial charge in [0.1, 0.15) is 0 Å². The summed E-state index contributed by atoms with van der Waals surface area (Å²) in [6.45, 7) is 5.86. The number of rotatable bonds is 7. The zero-order valence-corrected chi connectivity index (χ0v) is 20.7. The number of amides is 4. The van der Waals surface area contributed by atoms with E-state index in [1.165, 1.54) is 0 Å². The van der Waals surface area contributed by atoms with Crippen molar-refractivity contribution >= 4 is 29.3 Å². The van der Waals surface area contributed by atoms with Gasteiger partial charge >= 0.3 is 0 Å². The molecule has 0 spiro atoms. The van der Waals surface area contributed by atoms with Crippen LogP contribution in [0.5, 0.6) is 0 Å². The average molecular weight is 493 g/mol. The number of nitrogens with zero attached hydrogens (tertiary/aromatic N) is 2. The normalized spacial score (nSPS) is 19.8. The number of hydrogen-bond donors (Lipinski definition) is 2. The van der Waals surface area contributed by atoms with Crippen molar-refractivity contribution in [2.24, 2.45) is 0 Å². The zero-order chi connectivity index (χ0) is 25.7. The van der Waals surface area contributed by atoms with E-state index in [9.17, 15) is 19.2 Å². The highest BCUT2D eigenvalue weighted by atomic mass is 16.5. The largest absolute Gasteiger partial charge is 0.372 e. The number of hydrogen-bond acceptors (Lipinski definition) is 5. The van der Waals surface area contributed by atoms with Gasteiger partial charge in [-0.25, -0.2) is 0 Å². The van der Waals surface area contributed by atoms with Gasteiger partial charge in [-0.05, 0) is 62.2 Å². The monoisotopic (exact) mass is 492 g/mol. The third-order valence-electron chi connectivity index (χ3n) is 6.32. The second kappa shape index (κ2) is 11.3. The molecule has 0 bridgehead atoms. The molecule has 0 aromatic heterocycles. The van der Waals surface area contributed by atoms with Crippen LogP contribution >= 0.6 is 0 Å². The maximum atomic E-state index is 12.8. The van der Waals surface area contributed by atoms with Crippen molar-refractivity contribution in [3.05, 3.63) is 65.2 Å². The second-order valence-corrected chi connectivity index (χ2v) is 9.32. The molecule has 9 nitrogen and oxygen atoms in total. The molecule has 190 valence electrons. The summed E-state index contributed by atoms with van der Waals surface area (Å²) in [5.74, 6) is -0.625. The minimum absolute atomic E-state index is 0.00707. The number of carbonyl (C=O) groups excluding carboxylic acids is 4. The summed E-state index contributed by atoms with van der Waals surface area (Å²) < 4.78 is 5.69. The van der Waals surface area contributed by atoms with E-state index in [0.717, 1.165) is 17.7 Å². The molecule has 2 unspecified atom stereocenters. The fourth-order valence-electron chi connectivity index (χ4n) is 4.53. The number of anilines is 1. The van der Waals surface area contributed by atoms with E-state index in [4.69, 9.17) is 4.74 Å². The fraction of sp³-hybridized carbons (Fsp3) is 0.407. The predicted octanol–water partition coefficient (Wildman–Crippen LogP) is 2.11. The maximum absolute atomic E-state index is 12.8. The molecule has 2 aliphatic rings. The summed E-state index contributed by atoms with van der Waals surface area (Å²) in [4.78, 5) is 52.7. The molecular formula is C27H32N4O5. The van der Waals surface area contributed by atoms with Crippen molar-refractivity contribution in [1.82, 2.24) is 15.5 Å². The molecule has 0 radical (unpaired) electrons. The van der Waals surface area contributed by atoms with Gasteiger partial charge in [-0.3, -0.25) is 19.2 Å². The van der Waals surface area contributed by atoms with Crippen LogP contribution in [0.3, 0.4) is 0 Å². The maximum Gasteiger partial charge on any atom is 0.254 e. The molecule has 0 saturated carbocycles. The molecule has 2 atom stereocenters. The minimum Gasteiger partial charge on any atom is -0.372 e. The molecule has 4 rings (SSSR count). The Labute approximate surface area is 210 Å². The lowest BCUT2D eigenvalue weighted by atomic mass is 10.1. The lowest BCUT2D eigenvalue weighted by molar-refractivity contribution is -0.120. The van der Waals surface area contributed by atoms with Gasteiger partial charge in [-0.15, -0.1) is 0 Å². The minimum atomic E-state index is -0.362. The molecule has 4 amide bonds. The Balaban J connectivity index is 1.21. The number of ether oxygens (including phenoxy) is 1.